The molecule has 0 N–H and O–H groups in total. The summed E-state index contributed by atoms with van der Waals surface area (Å²) >= 11 is 0. The van der Waals surface area contributed by atoms with E-state index in [1.54, 1.807) is 56.3 Å². The molecule has 0 unspecified atom stereocenters. The van der Waals surface area contributed by atoms with Crippen LogP contribution in [0.3, 0.4) is 0 Å². The van der Waals surface area contributed by atoms with Gasteiger partial charge in [-0.1, -0.05) is 64.5 Å². The summed E-state index contributed by atoms with van der Waals surface area (Å²) in [5.74, 6) is 0.601. The Morgan fingerprint density at radius 2 is 0.938 bits per heavy atom. The van der Waals surface area contributed by atoms with E-state index < -0.39 is 5.97 Å². The fourth-order valence-electron chi connectivity index (χ4n) is 5.92. The maximum atomic E-state index is 12.9. The van der Waals surface area contributed by atoms with Crippen LogP contribution in [0.1, 0.15) is 146 Å². The number of ether oxygens (including phenoxy) is 7. The van der Waals surface area contributed by atoms with Crippen LogP contribution in [-0.2, 0) is 38.8 Å². The Hall–Kier alpha value is -5.91. The zero-order valence-corrected chi connectivity index (χ0v) is 39.9. The van der Waals surface area contributed by atoms with Crippen molar-refractivity contribution in [3.8, 4) is 23.0 Å². The van der Waals surface area contributed by atoms with E-state index in [2.05, 4.69) is 20.1 Å². The molecule has 0 aliphatic carbocycles. The number of carbonyl (C=O) groups excluding carboxylic acids is 5. The molecule has 0 fully saturated rings. The highest BCUT2D eigenvalue weighted by atomic mass is 16.6. The number of benzene rings is 3. The molecule has 0 radical (unpaired) electrons. The number of hydrogen-bond acceptors (Lipinski definition) is 12. The molecule has 12 heteroatoms. The van der Waals surface area contributed by atoms with Gasteiger partial charge < -0.3 is 33.2 Å². The van der Waals surface area contributed by atoms with Gasteiger partial charge in [-0.25, -0.2) is 14.4 Å². The largest absolute Gasteiger partial charge is 0.494 e. The Bertz CT molecular complexity index is 1940. The highest BCUT2D eigenvalue weighted by Gasteiger charge is 2.23. The van der Waals surface area contributed by atoms with Crippen LogP contribution in [0.15, 0.2) is 91.0 Å². The molecule has 12 nitrogen and oxygen atoms in total. The van der Waals surface area contributed by atoms with Gasteiger partial charge in [0, 0.05) is 30.1 Å². The van der Waals surface area contributed by atoms with E-state index in [0.717, 1.165) is 88.5 Å². The standard InChI is InChI=1S/C36H48O9.C17H24O3/c1-26(2)34(39)43-24-14-10-9-13-23-42-29-18-16-28(17-19-29)35(40)44-30-20-21-32(31(25-30)36(4,5)6)45-33(38)15-11-7-8-12-22-41-27(3)37;1-14(2)17(18)20-13-7-5-4-6-12-19-16-10-8-15(3)9-11-16/h16-21,25H,1,7-15,22-24H2,2-6H3;8-11H,1,4-7,12-13H2,2-3H3. The number of hydrogen-bond donors (Lipinski definition) is 0. The van der Waals surface area contributed by atoms with Crippen molar-refractivity contribution in [1.82, 2.24) is 0 Å². The minimum Gasteiger partial charge on any atom is -0.494 e. The van der Waals surface area contributed by atoms with E-state index in [0.29, 0.717) is 66.8 Å². The summed E-state index contributed by atoms with van der Waals surface area (Å²) in [4.78, 5) is 58.6. The Balaban J connectivity index is 0.000000604. The highest BCUT2D eigenvalue weighted by Crippen LogP contribution is 2.35. The monoisotopic (exact) mass is 901 g/mol. The molecular weight excluding hydrogens is 829 g/mol. The maximum absolute atomic E-state index is 12.9. The lowest BCUT2D eigenvalue weighted by Gasteiger charge is -2.23. The lowest BCUT2D eigenvalue weighted by atomic mass is 9.86. The molecule has 0 amide bonds. The molecule has 0 aliphatic heterocycles. The van der Waals surface area contributed by atoms with Gasteiger partial charge in [-0.05, 0) is 145 Å². The molecule has 0 aromatic heterocycles. The van der Waals surface area contributed by atoms with Crippen LogP contribution in [0, 0.1) is 6.92 Å². The van der Waals surface area contributed by atoms with E-state index in [1.807, 2.05) is 45.0 Å². The second kappa shape index (κ2) is 31.0. The molecule has 65 heavy (non-hydrogen) atoms. The van der Waals surface area contributed by atoms with E-state index >= 15 is 0 Å². The van der Waals surface area contributed by atoms with Gasteiger partial charge in [-0.2, -0.15) is 0 Å². The van der Waals surface area contributed by atoms with Gasteiger partial charge in [-0.15, -0.1) is 0 Å². The first kappa shape index (κ1) is 55.2. The maximum Gasteiger partial charge on any atom is 0.343 e. The smallest absolute Gasteiger partial charge is 0.343 e. The number of aryl methyl sites for hydroxylation is 1. The van der Waals surface area contributed by atoms with Crippen molar-refractivity contribution in [2.24, 2.45) is 0 Å². The van der Waals surface area contributed by atoms with E-state index in [-0.39, 0.29) is 35.7 Å². The van der Waals surface area contributed by atoms with Crippen molar-refractivity contribution in [3.05, 3.63) is 108 Å². The third-order valence-electron chi connectivity index (χ3n) is 9.66. The van der Waals surface area contributed by atoms with Crippen molar-refractivity contribution < 1.29 is 57.1 Å². The van der Waals surface area contributed by atoms with E-state index in [4.69, 9.17) is 33.2 Å². The Morgan fingerprint density at radius 3 is 1.40 bits per heavy atom. The molecule has 356 valence electrons. The Labute approximate surface area is 387 Å². The van der Waals surface area contributed by atoms with Crippen molar-refractivity contribution in [3.63, 3.8) is 0 Å². The molecule has 0 spiro atoms. The second-order valence-corrected chi connectivity index (χ2v) is 17.0. The zero-order valence-electron chi connectivity index (χ0n) is 39.9. The summed E-state index contributed by atoms with van der Waals surface area (Å²) in [5.41, 5.74) is 2.86. The van der Waals surface area contributed by atoms with Crippen LogP contribution in [0.2, 0.25) is 0 Å². The topological polar surface area (TPSA) is 150 Å². The fourth-order valence-corrected chi connectivity index (χ4v) is 5.92. The van der Waals surface area contributed by atoms with E-state index in [1.165, 1.54) is 12.5 Å². The SMILES string of the molecule is C=C(C)C(=O)OCCCCCCOc1ccc(C(=O)Oc2ccc(OC(=O)CCCCCCOC(C)=O)c(C(C)(C)C)c2)cc1.C=C(C)C(=O)OCCCCCCOc1ccc(C)cc1. The first-order valence-electron chi connectivity index (χ1n) is 22.7. The molecule has 0 bridgehead atoms. The average molecular weight is 901 g/mol. The molecule has 3 aromatic rings. The van der Waals surface area contributed by atoms with Gasteiger partial charge in [0.25, 0.3) is 0 Å². The molecule has 3 aromatic carbocycles. The zero-order chi connectivity index (χ0) is 48.0. The summed E-state index contributed by atoms with van der Waals surface area (Å²) in [7, 11) is 0. The van der Waals surface area contributed by atoms with Gasteiger partial charge in [0.15, 0.2) is 0 Å². The summed E-state index contributed by atoms with van der Waals surface area (Å²) in [6.07, 6.45) is 11.0. The van der Waals surface area contributed by atoms with Gasteiger partial charge in [0.05, 0.1) is 38.6 Å². The number of carbonyl (C=O) groups is 5. The number of esters is 5. The third kappa shape index (κ3) is 25.2. The minimum absolute atomic E-state index is 0.280. The molecule has 0 heterocycles. The van der Waals surface area contributed by atoms with Crippen LogP contribution in [0.5, 0.6) is 23.0 Å². The number of unbranched alkanes of at least 4 members (excludes halogenated alkanes) is 9. The predicted molar refractivity (Wildman–Crippen MR) is 253 cm³/mol. The third-order valence-corrected chi connectivity index (χ3v) is 9.66. The first-order chi connectivity index (χ1) is 31.0. The highest BCUT2D eigenvalue weighted by molar-refractivity contribution is 5.91. The van der Waals surface area contributed by atoms with Gasteiger partial charge in [0.1, 0.15) is 23.0 Å². The van der Waals surface area contributed by atoms with Crippen LogP contribution in [0.25, 0.3) is 0 Å². The van der Waals surface area contributed by atoms with E-state index in [9.17, 15) is 24.0 Å². The molecule has 0 saturated heterocycles. The lowest BCUT2D eigenvalue weighted by Crippen LogP contribution is -2.17. The average Bonchev–Trinajstić information content (AvgIpc) is 3.26. The Kier molecular flexibility index (Phi) is 26.4. The lowest BCUT2D eigenvalue weighted by molar-refractivity contribution is -0.141. The van der Waals surface area contributed by atoms with Crippen LogP contribution >= 0.6 is 0 Å². The quantitative estimate of drug-likeness (QED) is 0.0224. The first-order valence-corrected chi connectivity index (χ1v) is 22.7. The second-order valence-electron chi connectivity index (χ2n) is 17.0. The van der Waals surface area contributed by atoms with Crippen LogP contribution in [0.4, 0.5) is 0 Å². The van der Waals surface area contributed by atoms with Gasteiger partial charge >= 0.3 is 29.8 Å². The fraction of sp³-hybridized carbons (Fsp3) is 0.491. The van der Waals surface area contributed by atoms with Crippen molar-refractivity contribution in [2.75, 3.05) is 33.0 Å². The van der Waals surface area contributed by atoms with Crippen molar-refractivity contribution >= 4 is 29.8 Å². The van der Waals surface area contributed by atoms with Gasteiger partial charge in [-0.3, -0.25) is 9.59 Å². The normalized spacial score (nSPS) is 10.7. The van der Waals surface area contributed by atoms with Crippen LogP contribution < -0.4 is 18.9 Å². The molecule has 0 saturated carbocycles. The summed E-state index contributed by atoms with van der Waals surface area (Å²) in [5, 5.41) is 0. The molecule has 3 rings (SSSR count). The molecule has 0 atom stereocenters. The summed E-state index contributed by atoms with van der Waals surface area (Å²) < 4.78 is 37.8. The predicted octanol–water partition coefficient (Wildman–Crippen LogP) is 11.7. The number of rotatable bonds is 28. The van der Waals surface area contributed by atoms with Crippen molar-refractivity contribution in [2.45, 2.75) is 137 Å². The minimum atomic E-state index is -0.507. The Morgan fingerprint density at radius 1 is 0.508 bits per heavy atom. The summed E-state index contributed by atoms with van der Waals surface area (Å²) in [6, 6.07) is 19.9. The summed E-state index contributed by atoms with van der Waals surface area (Å²) in [6.45, 7) is 22.3. The van der Waals surface area contributed by atoms with Crippen LogP contribution in [-0.4, -0.2) is 62.9 Å². The molecular formula is C53H72O12. The van der Waals surface area contributed by atoms with Crippen molar-refractivity contribution in [1.29, 1.82) is 0 Å². The van der Waals surface area contributed by atoms with Gasteiger partial charge in [0.2, 0.25) is 0 Å². The molecule has 0 aliphatic rings.